The van der Waals surface area contributed by atoms with Gasteiger partial charge in [0.15, 0.2) is 0 Å². The van der Waals surface area contributed by atoms with Gasteiger partial charge in [-0.05, 0) is 17.7 Å². The van der Waals surface area contributed by atoms with E-state index in [1.54, 1.807) is 12.2 Å². The fourth-order valence-corrected chi connectivity index (χ4v) is 1.21. The van der Waals surface area contributed by atoms with Gasteiger partial charge in [-0.15, -0.1) is 0 Å². The summed E-state index contributed by atoms with van der Waals surface area (Å²) < 4.78 is 0. The van der Waals surface area contributed by atoms with E-state index in [4.69, 9.17) is 15.9 Å². The Morgan fingerprint density at radius 1 is 1.25 bits per heavy atom. The highest BCUT2D eigenvalue weighted by Gasteiger charge is 2.11. The standard InChI is InChI=1S/C11H11NO4/c12-5-1-2-7-3-4-8(10(13)14)6-9(7)11(15)16/h1-4,6H,5,12H2,(H,13,14)(H,15,16). The Morgan fingerprint density at radius 2 is 1.94 bits per heavy atom. The van der Waals surface area contributed by atoms with Crippen molar-refractivity contribution in [3.05, 3.63) is 41.0 Å². The van der Waals surface area contributed by atoms with Gasteiger partial charge in [0, 0.05) is 6.54 Å². The van der Waals surface area contributed by atoms with Crippen LogP contribution in [0.15, 0.2) is 24.3 Å². The molecule has 0 amide bonds. The predicted octanol–water partition coefficient (Wildman–Crippen LogP) is 1.05. The Bertz CT molecular complexity index is 451. The molecule has 16 heavy (non-hydrogen) atoms. The lowest BCUT2D eigenvalue weighted by Crippen LogP contribution is -2.04. The van der Waals surface area contributed by atoms with Gasteiger partial charge in [-0.25, -0.2) is 9.59 Å². The summed E-state index contributed by atoms with van der Waals surface area (Å²) in [5, 5.41) is 17.6. The average molecular weight is 221 g/mol. The van der Waals surface area contributed by atoms with E-state index < -0.39 is 11.9 Å². The molecule has 0 unspecified atom stereocenters. The lowest BCUT2D eigenvalue weighted by atomic mass is 10.0. The summed E-state index contributed by atoms with van der Waals surface area (Å²) in [6, 6.07) is 3.92. The molecule has 0 saturated carbocycles. The number of carboxylic acids is 2. The summed E-state index contributed by atoms with van der Waals surface area (Å²) >= 11 is 0. The molecule has 0 fully saturated rings. The maximum atomic E-state index is 10.9. The lowest BCUT2D eigenvalue weighted by molar-refractivity contribution is 0.0695. The zero-order valence-corrected chi connectivity index (χ0v) is 8.38. The first-order valence-corrected chi connectivity index (χ1v) is 4.53. The van der Waals surface area contributed by atoms with Crippen LogP contribution in [0.25, 0.3) is 6.08 Å². The van der Waals surface area contributed by atoms with Gasteiger partial charge in [-0.2, -0.15) is 0 Å². The third-order valence-corrected chi connectivity index (χ3v) is 1.96. The number of hydrogen-bond acceptors (Lipinski definition) is 3. The molecule has 84 valence electrons. The van der Waals surface area contributed by atoms with Crippen LogP contribution in [0.2, 0.25) is 0 Å². The Balaban J connectivity index is 3.24. The molecule has 0 radical (unpaired) electrons. The number of rotatable bonds is 4. The molecular weight excluding hydrogens is 210 g/mol. The van der Waals surface area contributed by atoms with E-state index in [0.29, 0.717) is 12.1 Å². The quantitative estimate of drug-likeness (QED) is 0.705. The maximum Gasteiger partial charge on any atom is 0.336 e. The van der Waals surface area contributed by atoms with Gasteiger partial charge in [-0.1, -0.05) is 18.2 Å². The number of hydrogen-bond donors (Lipinski definition) is 3. The molecule has 1 rings (SSSR count). The van der Waals surface area contributed by atoms with Crippen LogP contribution in [0.3, 0.4) is 0 Å². The topological polar surface area (TPSA) is 101 Å². The van der Waals surface area contributed by atoms with Crippen molar-refractivity contribution in [3.8, 4) is 0 Å². The van der Waals surface area contributed by atoms with E-state index in [1.165, 1.54) is 12.1 Å². The van der Waals surface area contributed by atoms with Crippen LogP contribution < -0.4 is 5.73 Å². The second kappa shape index (κ2) is 5.09. The molecule has 0 spiro atoms. The van der Waals surface area contributed by atoms with E-state index >= 15 is 0 Å². The Morgan fingerprint density at radius 3 is 2.44 bits per heavy atom. The Kier molecular flexibility index (Phi) is 3.79. The number of carbonyl (C=O) groups is 2. The summed E-state index contributed by atoms with van der Waals surface area (Å²) in [6.45, 7) is 0.291. The van der Waals surface area contributed by atoms with E-state index in [2.05, 4.69) is 0 Å². The molecule has 5 heteroatoms. The minimum atomic E-state index is -1.17. The minimum Gasteiger partial charge on any atom is -0.478 e. The fraction of sp³-hybridized carbons (Fsp3) is 0.0909. The lowest BCUT2D eigenvalue weighted by Gasteiger charge is -2.02. The smallest absolute Gasteiger partial charge is 0.336 e. The van der Waals surface area contributed by atoms with E-state index in [9.17, 15) is 9.59 Å². The Hall–Kier alpha value is -2.14. The van der Waals surface area contributed by atoms with Crippen molar-refractivity contribution in [2.75, 3.05) is 6.54 Å². The van der Waals surface area contributed by atoms with E-state index in [0.717, 1.165) is 6.07 Å². The molecule has 0 saturated heterocycles. The molecular formula is C11H11NO4. The first-order valence-electron chi connectivity index (χ1n) is 4.53. The minimum absolute atomic E-state index is 0.0513. The number of aromatic carboxylic acids is 2. The zero-order chi connectivity index (χ0) is 12.1. The Labute approximate surface area is 91.8 Å². The SMILES string of the molecule is NCC=Cc1ccc(C(=O)O)cc1C(=O)O. The number of nitrogens with two attached hydrogens (primary N) is 1. The molecule has 5 nitrogen and oxygen atoms in total. The first-order chi connectivity index (χ1) is 7.56. The third kappa shape index (κ3) is 2.68. The second-order valence-corrected chi connectivity index (χ2v) is 3.05. The fourth-order valence-electron chi connectivity index (χ4n) is 1.21. The summed E-state index contributed by atoms with van der Waals surface area (Å²) in [4.78, 5) is 21.6. The highest BCUT2D eigenvalue weighted by Crippen LogP contribution is 2.14. The zero-order valence-electron chi connectivity index (χ0n) is 8.38. The summed E-state index contributed by atoms with van der Waals surface area (Å²) in [7, 11) is 0. The van der Waals surface area contributed by atoms with E-state index in [1.807, 2.05) is 0 Å². The maximum absolute atomic E-state index is 10.9. The van der Waals surface area contributed by atoms with Crippen LogP contribution in [-0.2, 0) is 0 Å². The van der Waals surface area contributed by atoms with Crippen molar-refractivity contribution >= 4 is 18.0 Å². The van der Waals surface area contributed by atoms with Crippen molar-refractivity contribution in [2.24, 2.45) is 5.73 Å². The molecule has 0 aromatic heterocycles. The summed E-state index contributed by atoms with van der Waals surface area (Å²) in [5.41, 5.74) is 5.58. The largest absolute Gasteiger partial charge is 0.478 e. The van der Waals surface area contributed by atoms with Crippen LogP contribution in [-0.4, -0.2) is 28.7 Å². The molecule has 0 aliphatic carbocycles. The van der Waals surface area contributed by atoms with Crippen LogP contribution in [0.4, 0.5) is 0 Å². The van der Waals surface area contributed by atoms with Crippen molar-refractivity contribution in [1.29, 1.82) is 0 Å². The normalized spacial score (nSPS) is 10.6. The van der Waals surface area contributed by atoms with Gasteiger partial charge in [0.05, 0.1) is 11.1 Å². The van der Waals surface area contributed by atoms with Crippen molar-refractivity contribution in [2.45, 2.75) is 0 Å². The monoisotopic (exact) mass is 221 g/mol. The molecule has 0 aliphatic heterocycles. The second-order valence-electron chi connectivity index (χ2n) is 3.05. The first kappa shape index (κ1) is 11.9. The number of benzene rings is 1. The molecule has 0 bridgehead atoms. The van der Waals surface area contributed by atoms with E-state index in [-0.39, 0.29) is 11.1 Å². The summed E-state index contributed by atoms with van der Waals surface area (Å²) in [5.74, 6) is -2.32. The van der Waals surface area contributed by atoms with Gasteiger partial charge < -0.3 is 15.9 Å². The molecule has 1 aromatic carbocycles. The molecule has 0 atom stereocenters. The highest BCUT2D eigenvalue weighted by molar-refractivity contribution is 5.96. The molecule has 4 N–H and O–H groups in total. The van der Waals surface area contributed by atoms with Crippen LogP contribution in [0, 0.1) is 0 Å². The average Bonchev–Trinajstić information content (AvgIpc) is 2.25. The highest BCUT2D eigenvalue weighted by atomic mass is 16.4. The molecule has 1 aromatic rings. The van der Waals surface area contributed by atoms with Crippen molar-refractivity contribution in [1.82, 2.24) is 0 Å². The van der Waals surface area contributed by atoms with Gasteiger partial charge in [-0.3, -0.25) is 0 Å². The van der Waals surface area contributed by atoms with Crippen LogP contribution in [0.1, 0.15) is 26.3 Å². The van der Waals surface area contributed by atoms with Gasteiger partial charge in [0.1, 0.15) is 0 Å². The van der Waals surface area contributed by atoms with Crippen LogP contribution in [0.5, 0.6) is 0 Å². The van der Waals surface area contributed by atoms with Crippen molar-refractivity contribution < 1.29 is 19.8 Å². The molecule has 0 heterocycles. The molecule has 0 aliphatic rings. The van der Waals surface area contributed by atoms with Gasteiger partial charge >= 0.3 is 11.9 Å². The summed E-state index contributed by atoms with van der Waals surface area (Å²) in [6.07, 6.45) is 3.15. The number of carboxylic acid groups (broad SMARTS) is 2. The predicted molar refractivity (Wildman–Crippen MR) is 58.4 cm³/mol. The third-order valence-electron chi connectivity index (χ3n) is 1.96. The van der Waals surface area contributed by atoms with Gasteiger partial charge in [0.25, 0.3) is 0 Å². The van der Waals surface area contributed by atoms with Crippen LogP contribution >= 0.6 is 0 Å². The van der Waals surface area contributed by atoms with Crippen molar-refractivity contribution in [3.63, 3.8) is 0 Å². The van der Waals surface area contributed by atoms with Gasteiger partial charge in [0.2, 0.25) is 0 Å².